The van der Waals surface area contributed by atoms with Crippen LogP contribution in [-0.4, -0.2) is 11.0 Å². The Bertz CT molecular complexity index is 571. The molecule has 0 saturated carbocycles. The van der Waals surface area contributed by atoms with Gasteiger partial charge in [0.25, 0.3) is 0 Å². The summed E-state index contributed by atoms with van der Waals surface area (Å²) in [6.07, 6.45) is 0.824. The quantitative estimate of drug-likeness (QED) is 0.761. The topological polar surface area (TPSA) is 20.2 Å². The summed E-state index contributed by atoms with van der Waals surface area (Å²) in [6, 6.07) is 14.8. The third-order valence-corrected chi connectivity index (χ3v) is 4.10. The summed E-state index contributed by atoms with van der Waals surface area (Å²) >= 11 is 18.0. The van der Waals surface area contributed by atoms with Crippen molar-refractivity contribution in [2.45, 2.75) is 18.4 Å². The minimum absolute atomic E-state index is 0.365. The molecule has 2 aromatic carbocycles. The van der Waals surface area contributed by atoms with Crippen molar-refractivity contribution < 1.29 is 5.11 Å². The first-order chi connectivity index (χ1) is 9.55. The van der Waals surface area contributed by atoms with E-state index in [0.29, 0.717) is 28.8 Å². The highest BCUT2D eigenvalue weighted by Crippen LogP contribution is 2.33. The summed E-state index contributed by atoms with van der Waals surface area (Å²) in [5, 5.41) is 12.2. The molecule has 0 spiro atoms. The monoisotopic (exact) mass is 328 g/mol. The summed E-state index contributed by atoms with van der Waals surface area (Å²) in [4.78, 5) is 0. The minimum atomic E-state index is -1.04. The molecule has 0 aliphatic carbocycles. The lowest BCUT2D eigenvalue weighted by atomic mass is 9.85. The van der Waals surface area contributed by atoms with Crippen molar-refractivity contribution in [1.82, 2.24) is 0 Å². The van der Waals surface area contributed by atoms with E-state index in [-0.39, 0.29) is 0 Å². The second kappa shape index (κ2) is 6.82. The van der Waals surface area contributed by atoms with Crippen LogP contribution in [0.1, 0.15) is 17.5 Å². The van der Waals surface area contributed by atoms with Gasteiger partial charge in [-0.2, -0.15) is 0 Å². The van der Waals surface area contributed by atoms with Crippen LogP contribution in [0.4, 0.5) is 0 Å². The van der Waals surface area contributed by atoms with Gasteiger partial charge in [0.15, 0.2) is 0 Å². The van der Waals surface area contributed by atoms with Crippen molar-refractivity contribution in [2.24, 2.45) is 0 Å². The highest BCUT2D eigenvalue weighted by Gasteiger charge is 2.29. The van der Waals surface area contributed by atoms with Crippen LogP contribution in [0.3, 0.4) is 0 Å². The molecule has 0 radical (unpaired) electrons. The fourth-order valence-corrected chi connectivity index (χ4v) is 2.93. The fourth-order valence-electron chi connectivity index (χ4n) is 2.23. The summed E-state index contributed by atoms with van der Waals surface area (Å²) in [5.41, 5.74) is 0.601. The van der Waals surface area contributed by atoms with Crippen molar-refractivity contribution in [3.63, 3.8) is 0 Å². The molecule has 0 amide bonds. The number of benzene rings is 2. The molecule has 0 bridgehead atoms. The normalized spacial score (nSPS) is 14.0. The van der Waals surface area contributed by atoms with Crippen molar-refractivity contribution in [3.05, 3.63) is 69.7 Å². The van der Waals surface area contributed by atoms with E-state index in [9.17, 15) is 5.11 Å². The first-order valence-electron chi connectivity index (χ1n) is 6.33. The SMILES string of the molecule is OC(CCCl)(Cc1cc(Cl)ccc1Cl)c1ccccc1. The Hall–Kier alpha value is -0.730. The molecule has 1 unspecified atom stereocenters. The third-order valence-electron chi connectivity index (χ3n) is 3.31. The van der Waals surface area contributed by atoms with Gasteiger partial charge < -0.3 is 5.11 Å². The van der Waals surface area contributed by atoms with Gasteiger partial charge in [-0.05, 0) is 35.7 Å². The van der Waals surface area contributed by atoms with E-state index in [1.54, 1.807) is 18.2 Å². The van der Waals surface area contributed by atoms with E-state index in [4.69, 9.17) is 34.8 Å². The maximum Gasteiger partial charge on any atom is 0.0948 e. The van der Waals surface area contributed by atoms with Gasteiger partial charge in [-0.15, -0.1) is 11.6 Å². The number of hydrogen-bond acceptors (Lipinski definition) is 1. The molecular weight excluding hydrogens is 315 g/mol. The van der Waals surface area contributed by atoms with Crippen LogP contribution >= 0.6 is 34.8 Å². The zero-order valence-corrected chi connectivity index (χ0v) is 13.1. The van der Waals surface area contributed by atoms with Gasteiger partial charge in [0.05, 0.1) is 5.60 Å². The van der Waals surface area contributed by atoms with E-state index in [1.807, 2.05) is 30.3 Å². The first-order valence-corrected chi connectivity index (χ1v) is 7.62. The Kier molecular flexibility index (Phi) is 5.34. The molecule has 106 valence electrons. The zero-order chi connectivity index (χ0) is 14.6. The highest BCUT2D eigenvalue weighted by atomic mass is 35.5. The van der Waals surface area contributed by atoms with Gasteiger partial charge in [-0.25, -0.2) is 0 Å². The Morgan fingerprint density at radius 2 is 1.70 bits per heavy atom. The standard InChI is InChI=1S/C16H15Cl3O/c17-9-8-16(20,13-4-2-1-3-5-13)11-12-10-14(18)6-7-15(12)19/h1-7,10,20H,8-9,11H2. The Morgan fingerprint density at radius 1 is 1.00 bits per heavy atom. The van der Waals surface area contributed by atoms with E-state index >= 15 is 0 Å². The number of rotatable bonds is 5. The maximum atomic E-state index is 11.0. The second-order valence-electron chi connectivity index (χ2n) is 4.75. The van der Waals surface area contributed by atoms with Crippen molar-refractivity contribution in [1.29, 1.82) is 0 Å². The molecule has 2 aromatic rings. The Balaban J connectivity index is 2.36. The average molecular weight is 330 g/mol. The van der Waals surface area contributed by atoms with Crippen LogP contribution in [0.15, 0.2) is 48.5 Å². The lowest BCUT2D eigenvalue weighted by Crippen LogP contribution is -2.29. The van der Waals surface area contributed by atoms with Crippen LogP contribution in [0, 0.1) is 0 Å². The fraction of sp³-hybridized carbons (Fsp3) is 0.250. The average Bonchev–Trinajstić information content (AvgIpc) is 2.44. The van der Waals surface area contributed by atoms with Gasteiger partial charge >= 0.3 is 0 Å². The van der Waals surface area contributed by atoms with Crippen LogP contribution in [0.5, 0.6) is 0 Å². The van der Waals surface area contributed by atoms with Gasteiger partial charge in [0.2, 0.25) is 0 Å². The van der Waals surface area contributed by atoms with Crippen molar-refractivity contribution in [3.8, 4) is 0 Å². The predicted molar refractivity (Wildman–Crippen MR) is 85.8 cm³/mol. The molecule has 1 N–H and O–H groups in total. The number of aliphatic hydroxyl groups is 1. The largest absolute Gasteiger partial charge is 0.385 e. The number of alkyl halides is 1. The number of hydrogen-bond donors (Lipinski definition) is 1. The van der Waals surface area contributed by atoms with Crippen molar-refractivity contribution >= 4 is 34.8 Å². The van der Waals surface area contributed by atoms with Gasteiger partial charge in [0, 0.05) is 22.3 Å². The van der Waals surface area contributed by atoms with Gasteiger partial charge in [0.1, 0.15) is 0 Å². The van der Waals surface area contributed by atoms with E-state index in [0.717, 1.165) is 11.1 Å². The predicted octanol–water partition coefficient (Wildman–Crippen LogP) is 5.05. The lowest BCUT2D eigenvalue weighted by molar-refractivity contribution is 0.0337. The van der Waals surface area contributed by atoms with Crippen LogP contribution in [0.2, 0.25) is 10.0 Å². The lowest BCUT2D eigenvalue weighted by Gasteiger charge is -2.28. The molecule has 4 heteroatoms. The van der Waals surface area contributed by atoms with E-state index < -0.39 is 5.60 Å². The summed E-state index contributed by atoms with van der Waals surface area (Å²) in [6.45, 7) is 0. The van der Waals surface area contributed by atoms with Crippen molar-refractivity contribution in [2.75, 3.05) is 5.88 Å². The summed E-state index contributed by atoms with van der Waals surface area (Å²) in [7, 11) is 0. The second-order valence-corrected chi connectivity index (χ2v) is 5.97. The molecule has 20 heavy (non-hydrogen) atoms. The molecule has 1 nitrogen and oxygen atoms in total. The molecule has 0 aliphatic heterocycles. The van der Waals surface area contributed by atoms with E-state index in [2.05, 4.69) is 0 Å². The Morgan fingerprint density at radius 3 is 2.35 bits per heavy atom. The highest BCUT2D eigenvalue weighted by molar-refractivity contribution is 6.33. The van der Waals surface area contributed by atoms with E-state index in [1.165, 1.54) is 0 Å². The summed E-state index contributed by atoms with van der Waals surface area (Å²) in [5.74, 6) is 0.365. The van der Waals surface area contributed by atoms with Crippen LogP contribution in [0.25, 0.3) is 0 Å². The molecule has 0 heterocycles. The Labute approximate surface area is 134 Å². The molecule has 2 rings (SSSR count). The first kappa shape index (κ1) is 15.7. The molecule has 0 aromatic heterocycles. The maximum absolute atomic E-state index is 11.0. The summed E-state index contributed by atoms with van der Waals surface area (Å²) < 4.78 is 0. The number of halogens is 3. The molecule has 0 fully saturated rings. The van der Waals surface area contributed by atoms with Crippen LogP contribution < -0.4 is 0 Å². The molecule has 1 atom stereocenters. The molecular formula is C16H15Cl3O. The van der Waals surface area contributed by atoms with Crippen LogP contribution in [-0.2, 0) is 12.0 Å². The molecule has 0 saturated heterocycles. The van der Waals surface area contributed by atoms with Gasteiger partial charge in [-0.3, -0.25) is 0 Å². The smallest absolute Gasteiger partial charge is 0.0948 e. The third kappa shape index (κ3) is 3.67. The zero-order valence-electron chi connectivity index (χ0n) is 10.8. The van der Waals surface area contributed by atoms with Gasteiger partial charge in [-0.1, -0.05) is 53.5 Å². The minimum Gasteiger partial charge on any atom is -0.385 e. The molecule has 0 aliphatic rings.